The molecule has 0 aromatic rings. The van der Waals surface area contributed by atoms with Crippen molar-refractivity contribution in [2.24, 2.45) is 17.8 Å². The number of hydrogen-bond donors (Lipinski definition) is 6. The average Bonchev–Trinajstić information content (AvgIpc) is 3.06. The molecule has 0 saturated carbocycles. The smallest absolute Gasteiger partial charge is 0.311 e. The van der Waals surface area contributed by atoms with E-state index in [1.807, 2.05) is 18.9 Å². The molecule has 0 aliphatic carbocycles. The second-order valence-corrected chi connectivity index (χ2v) is 16.5. The standard InChI is InChI=1S/C37H68N2O13/c1-13-26-37(10,46)30(42)23(6)39(11)17-19(2)15-35(8,45)32(52-34-28(41)25(38-18-40)14-20(3)48-34)21(4)29(22(5)33(44)50-26)51-27-16-36(9,47-12)31(43)24(7)49-27/h18-32,34,41-43,45-46H,13-17H2,1-12H3,(H,38,40). The molecule has 3 aliphatic heterocycles. The monoisotopic (exact) mass is 748 g/mol. The number of nitrogens with one attached hydrogen (secondary N) is 1. The van der Waals surface area contributed by atoms with Crippen molar-refractivity contribution in [2.45, 2.75) is 185 Å². The molecule has 3 saturated heterocycles. The Hall–Kier alpha value is -1.50. The van der Waals surface area contributed by atoms with Crippen molar-refractivity contribution in [3.05, 3.63) is 0 Å². The van der Waals surface area contributed by atoms with Crippen LogP contribution < -0.4 is 5.32 Å². The van der Waals surface area contributed by atoms with Crippen molar-refractivity contribution in [1.29, 1.82) is 0 Å². The van der Waals surface area contributed by atoms with Crippen molar-refractivity contribution >= 4 is 12.4 Å². The average molecular weight is 749 g/mol. The van der Waals surface area contributed by atoms with E-state index in [4.69, 9.17) is 28.4 Å². The van der Waals surface area contributed by atoms with E-state index in [-0.39, 0.29) is 25.2 Å². The Morgan fingerprint density at radius 1 is 0.981 bits per heavy atom. The van der Waals surface area contributed by atoms with Gasteiger partial charge in [0.2, 0.25) is 6.41 Å². The summed E-state index contributed by atoms with van der Waals surface area (Å²) in [5.74, 6) is -2.79. The molecule has 304 valence electrons. The number of likely N-dealkylation sites (N-methyl/N-ethyl adjacent to an activating group) is 1. The molecule has 6 N–H and O–H groups in total. The van der Waals surface area contributed by atoms with Crippen LogP contribution in [0.2, 0.25) is 0 Å². The number of esters is 1. The van der Waals surface area contributed by atoms with Gasteiger partial charge >= 0.3 is 5.97 Å². The molecule has 18 unspecified atom stereocenters. The third-order valence-electron chi connectivity index (χ3n) is 11.9. The highest BCUT2D eigenvalue weighted by Gasteiger charge is 2.52. The predicted molar refractivity (Wildman–Crippen MR) is 190 cm³/mol. The molecular formula is C37H68N2O13. The van der Waals surface area contributed by atoms with Crippen LogP contribution in [-0.2, 0) is 38.0 Å². The zero-order valence-electron chi connectivity index (χ0n) is 33.2. The number of rotatable bonds is 8. The molecule has 0 radical (unpaired) electrons. The van der Waals surface area contributed by atoms with Crippen LogP contribution in [0.4, 0.5) is 0 Å². The summed E-state index contributed by atoms with van der Waals surface area (Å²) >= 11 is 0. The van der Waals surface area contributed by atoms with E-state index in [1.165, 1.54) is 14.0 Å². The predicted octanol–water partition coefficient (Wildman–Crippen LogP) is 1.09. The van der Waals surface area contributed by atoms with Crippen LogP contribution in [0, 0.1) is 17.8 Å². The molecule has 15 heteroatoms. The molecule has 1 amide bonds. The summed E-state index contributed by atoms with van der Waals surface area (Å²) in [7, 11) is 3.30. The first-order valence-electron chi connectivity index (χ1n) is 18.8. The highest BCUT2D eigenvalue weighted by molar-refractivity contribution is 5.73. The molecule has 0 spiro atoms. The zero-order valence-corrected chi connectivity index (χ0v) is 33.2. The van der Waals surface area contributed by atoms with Gasteiger partial charge in [0.15, 0.2) is 12.6 Å². The summed E-state index contributed by atoms with van der Waals surface area (Å²) in [6, 6.07) is -1.24. The Kier molecular flexibility index (Phi) is 15.5. The fourth-order valence-corrected chi connectivity index (χ4v) is 8.50. The van der Waals surface area contributed by atoms with Crippen LogP contribution in [0.1, 0.15) is 94.9 Å². The minimum absolute atomic E-state index is 0.0999. The maximum atomic E-state index is 14.2. The Bertz CT molecular complexity index is 1160. The molecule has 3 heterocycles. The van der Waals surface area contributed by atoms with Gasteiger partial charge in [-0.2, -0.15) is 0 Å². The van der Waals surface area contributed by atoms with Gasteiger partial charge in [0.05, 0.1) is 47.6 Å². The van der Waals surface area contributed by atoms with Crippen LogP contribution in [0.5, 0.6) is 0 Å². The number of nitrogens with zero attached hydrogens (tertiary/aromatic N) is 1. The van der Waals surface area contributed by atoms with Crippen molar-refractivity contribution in [3.8, 4) is 0 Å². The number of aliphatic hydroxyl groups excluding tert-OH is 3. The number of carbonyl (C=O) groups is 2. The van der Waals surface area contributed by atoms with Gasteiger partial charge in [-0.15, -0.1) is 0 Å². The summed E-state index contributed by atoms with van der Waals surface area (Å²) < 4.78 is 37.1. The van der Waals surface area contributed by atoms with Gasteiger partial charge < -0.3 is 64.2 Å². The number of amides is 1. The normalized spacial score (nSPS) is 49.3. The van der Waals surface area contributed by atoms with Crippen molar-refractivity contribution < 1.29 is 63.5 Å². The van der Waals surface area contributed by atoms with E-state index in [1.54, 1.807) is 55.4 Å². The fraction of sp³-hybridized carbons (Fsp3) is 0.946. The van der Waals surface area contributed by atoms with E-state index in [2.05, 4.69) is 5.32 Å². The first-order chi connectivity index (χ1) is 24.0. The van der Waals surface area contributed by atoms with E-state index < -0.39 is 108 Å². The minimum atomic E-state index is -1.82. The maximum absolute atomic E-state index is 14.2. The van der Waals surface area contributed by atoms with Gasteiger partial charge in [0, 0.05) is 32.0 Å². The number of carbonyl (C=O) groups excluding carboxylic acids is 2. The molecule has 0 aromatic heterocycles. The van der Waals surface area contributed by atoms with E-state index in [0.29, 0.717) is 19.4 Å². The molecule has 18 atom stereocenters. The number of aliphatic hydroxyl groups is 5. The third-order valence-corrected chi connectivity index (χ3v) is 11.9. The first-order valence-corrected chi connectivity index (χ1v) is 18.8. The number of cyclic esters (lactones) is 1. The molecule has 3 aliphatic rings. The molecule has 3 fully saturated rings. The lowest BCUT2D eigenvalue weighted by molar-refractivity contribution is -0.315. The first kappa shape index (κ1) is 44.9. The maximum Gasteiger partial charge on any atom is 0.311 e. The second-order valence-electron chi connectivity index (χ2n) is 16.5. The van der Waals surface area contributed by atoms with Crippen LogP contribution in [-0.4, -0.2) is 154 Å². The Labute approximate surface area is 309 Å². The molecule has 3 rings (SSSR count). The van der Waals surface area contributed by atoms with Gasteiger partial charge in [-0.1, -0.05) is 20.8 Å². The van der Waals surface area contributed by atoms with Gasteiger partial charge in [-0.25, -0.2) is 0 Å². The quantitative estimate of drug-likeness (QED) is 0.152. The second kappa shape index (κ2) is 18.0. The fourth-order valence-electron chi connectivity index (χ4n) is 8.50. The van der Waals surface area contributed by atoms with E-state index in [0.717, 1.165) is 0 Å². The van der Waals surface area contributed by atoms with Gasteiger partial charge in [0.25, 0.3) is 0 Å². The lowest BCUT2D eigenvalue weighted by Gasteiger charge is -2.48. The van der Waals surface area contributed by atoms with Crippen LogP contribution in [0.25, 0.3) is 0 Å². The van der Waals surface area contributed by atoms with Crippen LogP contribution in [0.3, 0.4) is 0 Å². The third kappa shape index (κ3) is 10.0. The lowest BCUT2D eigenvalue weighted by atomic mass is 9.77. The largest absolute Gasteiger partial charge is 0.459 e. The Morgan fingerprint density at radius 3 is 2.19 bits per heavy atom. The highest BCUT2D eigenvalue weighted by atomic mass is 16.7. The highest BCUT2D eigenvalue weighted by Crippen LogP contribution is 2.40. The van der Waals surface area contributed by atoms with E-state index in [9.17, 15) is 35.1 Å². The number of hydrogen-bond acceptors (Lipinski definition) is 14. The summed E-state index contributed by atoms with van der Waals surface area (Å²) in [5.41, 5.74) is -4.50. The van der Waals surface area contributed by atoms with E-state index >= 15 is 0 Å². The lowest BCUT2D eigenvalue weighted by Crippen LogP contribution is -2.60. The molecule has 15 nitrogen and oxygen atoms in total. The molecule has 0 aromatic carbocycles. The topological polar surface area (TPSA) is 206 Å². The van der Waals surface area contributed by atoms with Gasteiger partial charge in [0.1, 0.15) is 30.0 Å². The van der Waals surface area contributed by atoms with Crippen molar-refractivity contribution in [3.63, 3.8) is 0 Å². The Morgan fingerprint density at radius 2 is 1.62 bits per heavy atom. The SMILES string of the molecule is CCC1OC(=O)C(C)C(OC2CC(C)(OC)C(O)C(C)O2)C(C)C(OC2OC(C)CC(NC=O)C2O)C(C)(O)CC(C)CN(C)C(C)C(O)C1(C)O. The summed E-state index contributed by atoms with van der Waals surface area (Å²) in [6.45, 7) is 17.6. The van der Waals surface area contributed by atoms with Gasteiger partial charge in [-0.3, -0.25) is 9.59 Å². The Balaban J connectivity index is 2.17. The summed E-state index contributed by atoms with van der Waals surface area (Å²) in [6.07, 6.45) is -8.89. The molecule has 52 heavy (non-hydrogen) atoms. The zero-order chi connectivity index (χ0) is 39.5. The summed E-state index contributed by atoms with van der Waals surface area (Å²) in [4.78, 5) is 27.4. The van der Waals surface area contributed by atoms with Crippen LogP contribution >= 0.6 is 0 Å². The minimum Gasteiger partial charge on any atom is -0.459 e. The van der Waals surface area contributed by atoms with Gasteiger partial charge in [-0.05, 0) is 80.7 Å². The number of ether oxygens (including phenoxy) is 6. The summed E-state index contributed by atoms with van der Waals surface area (Å²) in [5, 5.41) is 60.4. The van der Waals surface area contributed by atoms with Crippen molar-refractivity contribution in [2.75, 3.05) is 20.7 Å². The van der Waals surface area contributed by atoms with Crippen LogP contribution in [0.15, 0.2) is 0 Å². The molecule has 0 bridgehead atoms. The molecular weight excluding hydrogens is 680 g/mol. The van der Waals surface area contributed by atoms with Crippen molar-refractivity contribution in [1.82, 2.24) is 10.2 Å². The number of methoxy groups -OCH3 is 1.